The third-order valence-corrected chi connectivity index (χ3v) is 2.21. The Labute approximate surface area is 122 Å². The Morgan fingerprint density at radius 3 is 2.23 bits per heavy atom. The van der Waals surface area contributed by atoms with Gasteiger partial charge in [0, 0.05) is 0 Å². The van der Waals surface area contributed by atoms with E-state index in [-0.39, 0.29) is 58.6 Å². The van der Waals surface area contributed by atoms with Crippen LogP contribution in [0.5, 0.6) is 0 Å². The van der Waals surface area contributed by atoms with Crippen molar-refractivity contribution in [3.63, 3.8) is 0 Å². The standard InChI is InChI=1S/C8H10O3S.K.H/c9-12(10,11)7-6-8-4-2-1-3-5-8;;/h1-5H,6-7H2,(H,9,10,11);;/q;+1;-1. The molecule has 1 N–H and O–H groups in total. The summed E-state index contributed by atoms with van der Waals surface area (Å²) in [5.41, 5.74) is 0.912. The molecule has 0 amide bonds. The largest absolute Gasteiger partial charge is 1.00 e. The summed E-state index contributed by atoms with van der Waals surface area (Å²) < 4.78 is 29.2. The van der Waals surface area contributed by atoms with Crippen LogP contribution in [0.25, 0.3) is 0 Å². The molecule has 0 bridgehead atoms. The van der Waals surface area contributed by atoms with E-state index < -0.39 is 10.1 Å². The van der Waals surface area contributed by atoms with Gasteiger partial charge in [0.1, 0.15) is 0 Å². The van der Waals surface area contributed by atoms with Gasteiger partial charge in [-0.05, 0) is 12.0 Å². The summed E-state index contributed by atoms with van der Waals surface area (Å²) >= 11 is 0. The summed E-state index contributed by atoms with van der Waals surface area (Å²) in [6.45, 7) is 0. The molecule has 0 aliphatic rings. The van der Waals surface area contributed by atoms with Crippen LogP contribution in [0.1, 0.15) is 6.99 Å². The van der Waals surface area contributed by atoms with Crippen LogP contribution in [0.15, 0.2) is 30.3 Å². The molecule has 0 saturated heterocycles. The first-order valence-electron chi connectivity index (χ1n) is 3.57. The second kappa shape index (κ2) is 6.29. The molecule has 5 heteroatoms. The maximum atomic E-state index is 10.4. The molecule has 0 heterocycles. The average molecular weight is 226 g/mol. The minimum absolute atomic E-state index is 0. The summed E-state index contributed by atoms with van der Waals surface area (Å²) in [6.07, 6.45) is 0.361. The van der Waals surface area contributed by atoms with Crippen LogP contribution in [0.4, 0.5) is 0 Å². The van der Waals surface area contributed by atoms with Crippen molar-refractivity contribution in [2.45, 2.75) is 6.42 Å². The fourth-order valence-corrected chi connectivity index (χ4v) is 1.39. The van der Waals surface area contributed by atoms with Crippen molar-refractivity contribution in [1.29, 1.82) is 0 Å². The van der Waals surface area contributed by atoms with Gasteiger partial charge in [0.2, 0.25) is 0 Å². The van der Waals surface area contributed by atoms with Gasteiger partial charge >= 0.3 is 51.4 Å². The number of rotatable bonds is 3. The van der Waals surface area contributed by atoms with E-state index in [4.69, 9.17) is 4.55 Å². The summed E-state index contributed by atoms with van der Waals surface area (Å²) in [6, 6.07) is 9.17. The molecular weight excluding hydrogens is 215 g/mol. The first kappa shape index (κ1) is 13.8. The van der Waals surface area contributed by atoms with Crippen molar-refractivity contribution in [2.75, 3.05) is 5.75 Å². The third kappa shape index (κ3) is 6.79. The predicted octanol–water partition coefficient (Wildman–Crippen LogP) is -1.77. The van der Waals surface area contributed by atoms with E-state index in [2.05, 4.69) is 0 Å². The second-order valence-corrected chi connectivity index (χ2v) is 4.09. The topological polar surface area (TPSA) is 54.4 Å². The monoisotopic (exact) mass is 226 g/mol. The fourth-order valence-electron chi connectivity index (χ4n) is 0.892. The van der Waals surface area contributed by atoms with E-state index in [9.17, 15) is 8.42 Å². The summed E-state index contributed by atoms with van der Waals surface area (Å²) in [4.78, 5) is 0. The molecule has 13 heavy (non-hydrogen) atoms. The third-order valence-electron chi connectivity index (χ3n) is 1.49. The van der Waals surface area contributed by atoms with E-state index in [0.29, 0.717) is 6.42 Å². The van der Waals surface area contributed by atoms with E-state index in [1.54, 1.807) is 0 Å². The van der Waals surface area contributed by atoms with Gasteiger partial charge in [-0.1, -0.05) is 30.3 Å². The van der Waals surface area contributed by atoms with Gasteiger partial charge in [-0.15, -0.1) is 0 Å². The van der Waals surface area contributed by atoms with Gasteiger partial charge in [0.05, 0.1) is 5.75 Å². The summed E-state index contributed by atoms with van der Waals surface area (Å²) in [5, 5.41) is 0. The molecule has 0 unspecified atom stereocenters. The van der Waals surface area contributed by atoms with E-state index in [1.165, 1.54) is 0 Å². The Balaban J connectivity index is 0. The first-order valence-corrected chi connectivity index (χ1v) is 5.18. The fraction of sp³-hybridized carbons (Fsp3) is 0.250. The molecule has 0 aromatic heterocycles. The van der Waals surface area contributed by atoms with E-state index >= 15 is 0 Å². The van der Waals surface area contributed by atoms with Crippen molar-refractivity contribution in [1.82, 2.24) is 0 Å². The van der Waals surface area contributed by atoms with Crippen LogP contribution < -0.4 is 51.4 Å². The van der Waals surface area contributed by atoms with Gasteiger partial charge < -0.3 is 1.43 Å². The van der Waals surface area contributed by atoms with Crippen LogP contribution in [-0.4, -0.2) is 18.7 Å². The number of hydrogen-bond acceptors (Lipinski definition) is 2. The Hall–Kier alpha value is 0.766. The molecule has 0 radical (unpaired) electrons. The maximum absolute atomic E-state index is 10.4. The molecule has 0 spiro atoms. The van der Waals surface area contributed by atoms with Crippen molar-refractivity contribution < 1.29 is 65.8 Å². The predicted molar refractivity (Wildman–Crippen MR) is 47.7 cm³/mol. The van der Waals surface area contributed by atoms with Crippen molar-refractivity contribution in [2.24, 2.45) is 0 Å². The molecular formula is C8H11KO3S. The zero-order chi connectivity index (χ0) is 9.03. The van der Waals surface area contributed by atoms with Gasteiger partial charge in [-0.25, -0.2) is 0 Å². The van der Waals surface area contributed by atoms with Crippen LogP contribution >= 0.6 is 0 Å². The summed E-state index contributed by atoms with van der Waals surface area (Å²) in [7, 11) is -3.82. The number of aryl methyl sites for hydroxylation is 1. The molecule has 0 saturated carbocycles. The molecule has 1 aromatic rings. The molecule has 0 aliphatic carbocycles. The second-order valence-electron chi connectivity index (χ2n) is 2.52. The zero-order valence-corrected chi connectivity index (χ0v) is 11.4. The quantitative estimate of drug-likeness (QED) is 0.490. The van der Waals surface area contributed by atoms with Crippen molar-refractivity contribution in [3.05, 3.63) is 35.9 Å². The van der Waals surface area contributed by atoms with Crippen molar-refractivity contribution >= 4 is 10.1 Å². The van der Waals surface area contributed by atoms with Crippen LogP contribution in [0, 0.1) is 0 Å². The molecule has 1 rings (SSSR count). The van der Waals surface area contributed by atoms with Crippen molar-refractivity contribution in [3.8, 4) is 0 Å². The van der Waals surface area contributed by atoms with Crippen LogP contribution in [-0.2, 0) is 16.5 Å². The minimum Gasteiger partial charge on any atom is -1.00 e. The van der Waals surface area contributed by atoms with Crippen LogP contribution in [0.3, 0.4) is 0 Å². The SMILES string of the molecule is O=S(=O)(O)CCc1ccccc1.[H-].[K+]. The van der Waals surface area contributed by atoms with Gasteiger partial charge in [-0.2, -0.15) is 8.42 Å². The van der Waals surface area contributed by atoms with E-state index in [0.717, 1.165) is 5.56 Å². The normalized spacial score (nSPS) is 10.5. The molecule has 0 fully saturated rings. The molecule has 68 valence electrons. The molecule has 1 aromatic carbocycles. The molecule has 0 aliphatic heterocycles. The van der Waals surface area contributed by atoms with Gasteiger partial charge in [0.25, 0.3) is 10.1 Å². The number of benzene rings is 1. The van der Waals surface area contributed by atoms with Gasteiger partial charge in [0.15, 0.2) is 0 Å². The average Bonchev–Trinajstić information content (AvgIpc) is 2.02. The Bertz CT molecular complexity index is 339. The first-order chi connectivity index (χ1) is 5.58. The van der Waals surface area contributed by atoms with Gasteiger partial charge in [-0.3, -0.25) is 4.55 Å². The maximum Gasteiger partial charge on any atom is 1.00 e. The number of hydrogen-bond donors (Lipinski definition) is 1. The minimum atomic E-state index is -3.82. The smallest absolute Gasteiger partial charge is 1.00 e. The zero-order valence-electron chi connectivity index (χ0n) is 8.47. The van der Waals surface area contributed by atoms with Crippen LogP contribution in [0.2, 0.25) is 0 Å². The molecule has 0 atom stereocenters. The Morgan fingerprint density at radius 1 is 1.23 bits per heavy atom. The van der Waals surface area contributed by atoms with E-state index in [1.807, 2.05) is 30.3 Å². The molecule has 3 nitrogen and oxygen atoms in total. The Morgan fingerprint density at radius 2 is 1.77 bits per heavy atom. The Kier molecular flexibility index (Phi) is 6.66. The summed E-state index contributed by atoms with van der Waals surface area (Å²) in [5.74, 6) is -0.211.